The molecule has 2 aromatic rings. The van der Waals surface area contributed by atoms with Gasteiger partial charge in [0.05, 0.1) is 0 Å². The first kappa shape index (κ1) is 21.9. The van der Waals surface area contributed by atoms with Gasteiger partial charge in [-0.25, -0.2) is 14.5 Å². The summed E-state index contributed by atoms with van der Waals surface area (Å²) in [6.45, 7) is 0.843. The molecule has 0 aliphatic heterocycles. The molecule has 0 bridgehead atoms. The molecule has 0 aliphatic rings. The number of carbonyl (C=O) groups is 2. The number of rotatable bonds is 8. The first-order chi connectivity index (χ1) is 14.1. The van der Waals surface area contributed by atoms with Gasteiger partial charge < -0.3 is 20.9 Å². The maximum absolute atomic E-state index is 12.5. The Morgan fingerprint density at radius 1 is 0.862 bits per heavy atom. The molecule has 0 saturated heterocycles. The number of benzene rings is 2. The molecule has 29 heavy (non-hydrogen) atoms. The van der Waals surface area contributed by atoms with Crippen LogP contribution >= 0.6 is 0 Å². The fourth-order valence-corrected chi connectivity index (χ4v) is 2.42. The molecular weight excluding hydrogens is 372 g/mol. The molecule has 0 heterocycles. The number of hydrogen-bond acceptors (Lipinski definition) is 5. The Labute approximate surface area is 170 Å². The third-order valence-electron chi connectivity index (χ3n) is 3.95. The topological polar surface area (TPSA) is 120 Å². The summed E-state index contributed by atoms with van der Waals surface area (Å²) in [7, 11) is 0. The zero-order valence-electron chi connectivity index (χ0n) is 16.2. The van der Waals surface area contributed by atoms with Gasteiger partial charge in [0.15, 0.2) is 0 Å². The molecule has 0 spiro atoms. The van der Waals surface area contributed by atoms with Crippen LogP contribution in [0.15, 0.2) is 65.7 Å². The second-order valence-electron chi connectivity index (χ2n) is 6.20. The minimum Gasteiger partial charge on any atom is -0.444 e. The van der Waals surface area contributed by atoms with E-state index in [-0.39, 0.29) is 25.7 Å². The van der Waals surface area contributed by atoms with E-state index in [0.717, 1.165) is 16.0 Å². The highest BCUT2D eigenvalue weighted by atomic mass is 16.6. The van der Waals surface area contributed by atoms with Crippen LogP contribution in [0.3, 0.4) is 0 Å². The van der Waals surface area contributed by atoms with E-state index in [4.69, 9.17) is 20.9 Å². The van der Waals surface area contributed by atoms with Crippen LogP contribution in [0.5, 0.6) is 0 Å². The summed E-state index contributed by atoms with van der Waals surface area (Å²) in [5.74, 6) is -0.279. The van der Waals surface area contributed by atoms with Crippen molar-refractivity contribution in [3.63, 3.8) is 0 Å². The highest BCUT2D eigenvalue weighted by Crippen LogP contribution is 2.06. The summed E-state index contributed by atoms with van der Waals surface area (Å²) in [4.78, 5) is 29.2. The SMILES string of the molecule is NCCCCN(C(=O)OCc1ccccc1)C(N)=NC(=O)OCc1ccccc1. The van der Waals surface area contributed by atoms with Crippen molar-refractivity contribution < 1.29 is 19.1 Å². The van der Waals surface area contributed by atoms with E-state index in [1.165, 1.54) is 0 Å². The third-order valence-corrected chi connectivity index (χ3v) is 3.95. The number of nitrogens with two attached hydrogens (primary N) is 2. The van der Waals surface area contributed by atoms with Crippen molar-refractivity contribution in [1.82, 2.24) is 4.90 Å². The van der Waals surface area contributed by atoms with Gasteiger partial charge in [0, 0.05) is 6.54 Å². The van der Waals surface area contributed by atoms with Crippen LogP contribution in [-0.2, 0) is 22.7 Å². The zero-order chi connectivity index (χ0) is 20.9. The predicted octanol–water partition coefficient (Wildman–Crippen LogP) is 3.02. The minimum absolute atomic E-state index is 0.0576. The summed E-state index contributed by atoms with van der Waals surface area (Å²) in [6.07, 6.45) is -0.297. The lowest BCUT2D eigenvalue weighted by molar-refractivity contribution is 0.115. The van der Waals surface area contributed by atoms with Crippen LogP contribution in [0.1, 0.15) is 24.0 Å². The number of unbranched alkanes of at least 4 members (excludes halogenated alkanes) is 1. The normalized spacial score (nSPS) is 11.0. The molecule has 0 saturated carbocycles. The van der Waals surface area contributed by atoms with Gasteiger partial charge in [-0.2, -0.15) is 0 Å². The number of aliphatic imine (C=N–C) groups is 1. The van der Waals surface area contributed by atoms with E-state index in [0.29, 0.717) is 19.4 Å². The van der Waals surface area contributed by atoms with Crippen molar-refractivity contribution in [1.29, 1.82) is 0 Å². The van der Waals surface area contributed by atoms with E-state index < -0.39 is 12.2 Å². The fourth-order valence-electron chi connectivity index (χ4n) is 2.42. The third kappa shape index (κ3) is 8.02. The number of ether oxygens (including phenoxy) is 2. The summed E-state index contributed by atoms with van der Waals surface area (Å²) in [6, 6.07) is 18.4. The molecule has 2 rings (SSSR count). The lowest BCUT2D eigenvalue weighted by atomic mass is 10.2. The Morgan fingerprint density at radius 2 is 1.41 bits per heavy atom. The first-order valence-corrected chi connectivity index (χ1v) is 9.33. The highest BCUT2D eigenvalue weighted by Gasteiger charge is 2.20. The van der Waals surface area contributed by atoms with Crippen LogP contribution in [0.25, 0.3) is 0 Å². The zero-order valence-corrected chi connectivity index (χ0v) is 16.2. The molecule has 0 aromatic heterocycles. The van der Waals surface area contributed by atoms with Crippen molar-refractivity contribution in [2.45, 2.75) is 26.1 Å². The Morgan fingerprint density at radius 3 is 1.97 bits per heavy atom. The Kier molecular flexibility index (Phi) is 9.17. The molecule has 8 nitrogen and oxygen atoms in total. The Bertz CT molecular complexity index is 797. The summed E-state index contributed by atoms with van der Waals surface area (Å²) in [5.41, 5.74) is 13.0. The molecule has 2 amide bonds. The van der Waals surface area contributed by atoms with Crippen LogP contribution in [-0.4, -0.2) is 36.1 Å². The largest absolute Gasteiger partial charge is 0.444 e. The van der Waals surface area contributed by atoms with Gasteiger partial charge >= 0.3 is 12.2 Å². The maximum Gasteiger partial charge on any atom is 0.437 e. The second-order valence-corrected chi connectivity index (χ2v) is 6.20. The van der Waals surface area contributed by atoms with Gasteiger partial charge in [0.1, 0.15) is 13.2 Å². The van der Waals surface area contributed by atoms with E-state index >= 15 is 0 Å². The number of guanidine groups is 1. The summed E-state index contributed by atoms with van der Waals surface area (Å²) < 4.78 is 10.4. The Hall–Kier alpha value is -3.39. The van der Waals surface area contributed by atoms with E-state index in [1.807, 2.05) is 60.7 Å². The predicted molar refractivity (Wildman–Crippen MR) is 110 cm³/mol. The Balaban J connectivity index is 1.96. The average molecular weight is 398 g/mol. The minimum atomic E-state index is -0.883. The van der Waals surface area contributed by atoms with Gasteiger partial charge in [0.2, 0.25) is 5.96 Å². The smallest absolute Gasteiger partial charge is 0.437 e. The van der Waals surface area contributed by atoms with Gasteiger partial charge in [-0.15, -0.1) is 4.99 Å². The van der Waals surface area contributed by atoms with Crippen LogP contribution in [0.2, 0.25) is 0 Å². The number of nitrogens with zero attached hydrogens (tertiary/aromatic N) is 2. The van der Waals surface area contributed by atoms with Crippen molar-refractivity contribution in [3.05, 3.63) is 71.8 Å². The molecule has 0 aliphatic carbocycles. The van der Waals surface area contributed by atoms with Crippen LogP contribution in [0.4, 0.5) is 9.59 Å². The van der Waals surface area contributed by atoms with Crippen molar-refractivity contribution in [3.8, 4) is 0 Å². The summed E-state index contributed by atoms with van der Waals surface area (Å²) >= 11 is 0. The van der Waals surface area contributed by atoms with E-state index in [1.54, 1.807) is 0 Å². The van der Waals surface area contributed by atoms with Crippen molar-refractivity contribution in [2.24, 2.45) is 16.5 Å². The highest BCUT2D eigenvalue weighted by molar-refractivity contribution is 5.97. The van der Waals surface area contributed by atoms with Crippen LogP contribution in [0, 0.1) is 0 Å². The van der Waals surface area contributed by atoms with Gasteiger partial charge in [-0.3, -0.25) is 0 Å². The van der Waals surface area contributed by atoms with Crippen molar-refractivity contribution >= 4 is 18.1 Å². The number of amides is 2. The molecule has 2 aromatic carbocycles. The molecule has 0 fully saturated rings. The van der Waals surface area contributed by atoms with Crippen molar-refractivity contribution in [2.75, 3.05) is 13.1 Å². The fraction of sp³-hybridized carbons (Fsp3) is 0.286. The van der Waals surface area contributed by atoms with Gasteiger partial charge in [-0.1, -0.05) is 60.7 Å². The molecule has 4 N–H and O–H groups in total. The monoisotopic (exact) mass is 398 g/mol. The number of hydrogen-bond donors (Lipinski definition) is 2. The molecular formula is C21H26N4O4. The van der Waals surface area contributed by atoms with E-state index in [9.17, 15) is 9.59 Å². The standard InChI is InChI=1S/C21H26N4O4/c22-13-7-8-14-25(21(27)29-16-18-11-5-2-6-12-18)19(23)24-20(26)28-15-17-9-3-1-4-10-17/h1-6,9-12H,7-8,13-16,22H2,(H2,23,24,26). The van der Waals surface area contributed by atoms with E-state index in [2.05, 4.69) is 4.99 Å². The quantitative estimate of drug-likeness (QED) is 0.401. The number of carbonyl (C=O) groups excluding carboxylic acids is 2. The lowest BCUT2D eigenvalue weighted by Gasteiger charge is -2.20. The lowest BCUT2D eigenvalue weighted by Crippen LogP contribution is -2.43. The second kappa shape index (κ2) is 12.1. The summed E-state index contributed by atoms with van der Waals surface area (Å²) in [5, 5.41) is 0. The first-order valence-electron chi connectivity index (χ1n) is 9.33. The average Bonchev–Trinajstić information content (AvgIpc) is 2.75. The van der Waals surface area contributed by atoms with Crippen LogP contribution < -0.4 is 11.5 Å². The maximum atomic E-state index is 12.5. The van der Waals surface area contributed by atoms with Gasteiger partial charge in [0.25, 0.3) is 0 Å². The molecule has 8 heteroatoms. The molecule has 0 unspecified atom stereocenters. The molecule has 0 radical (unpaired) electrons. The molecule has 154 valence electrons. The van der Waals surface area contributed by atoms with Gasteiger partial charge in [-0.05, 0) is 30.5 Å². The molecule has 0 atom stereocenters.